The van der Waals surface area contributed by atoms with Gasteiger partial charge in [0.25, 0.3) is 0 Å². The second kappa shape index (κ2) is 9.33. The van der Waals surface area contributed by atoms with Crippen molar-refractivity contribution in [3.63, 3.8) is 0 Å². The van der Waals surface area contributed by atoms with Gasteiger partial charge in [0, 0.05) is 12.2 Å². The molecule has 0 saturated carbocycles. The molecule has 1 aromatic heterocycles. The van der Waals surface area contributed by atoms with E-state index in [1.807, 2.05) is 42.5 Å². The van der Waals surface area contributed by atoms with Crippen LogP contribution in [0.4, 0.5) is 5.69 Å². The maximum absolute atomic E-state index is 13.2. The standard InChI is InChI=1S/C25H22N4O3/c1-16(18-9-7-17(14-26)8-10-18)15-27-23(19-5-3-2-4-6-19)24(30)28-20-11-12-22-21(13-20)29-25(31)32-22/h2-13,16,23,27H,15H2,1H3,(H,28,30)(H,29,31)/t16-,23+/m1/s1. The second-order valence-electron chi connectivity index (χ2n) is 7.60. The van der Waals surface area contributed by atoms with E-state index in [0.717, 1.165) is 11.1 Å². The first kappa shape index (κ1) is 21.1. The van der Waals surface area contributed by atoms with Gasteiger partial charge in [-0.05, 0) is 47.4 Å². The van der Waals surface area contributed by atoms with E-state index in [-0.39, 0.29) is 11.8 Å². The summed E-state index contributed by atoms with van der Waals surface area (Å²) in [6.07, 6.45) is 0. The summed E-state index contributed by atoms with van der Waals surface area (Å²) in [5.74, 6) is -0.619. The summed E-state index contributed by atoms with van der Waals surface area (Å²) in [6.45, 7) is 2.63. The minimum Gasteiger partial charge on any atom is -0.408 e. The number of oxazole rings is 1. The zero-order chi connectivity index (χ0) is 22.5. The molecule has 3 N–H and O–H groups in total. The molecular formula is C25H22N4O3. The summed E-state index contributed by atoms with van der Waals surface area (Å²) < 4.78 is 5.01. The van der Waals surface area contributed by atoms with Crippen LogP contribution < -0.4 is 16.4 Å². The predicted molar refractivity (Wildman–Crippen MR) is 122 cm³/mol. The van der Waals surface area contributed by atoms with Crippen molar-refractivity contribution < 1.29 is 9.21 Å². The molecule has 4 rings (SSSR count). The molecule has 2 atom stereocenters. The Morgan fingerprint density at radius 2 is 1.81 bits per heavy atom. The van der Waals surface area contributed by atoms with Crippen molar-refractivity contribution in [3.05, 3.63) is 100 Å². The Bertz CT molecular complexity index is 1320. The number of H-pyrrole nitrogens is 1. The molecule has 0 bridgehead atoms. The molecule has 1 amide bonds. The minimum absolute atomic E-state index is 0.133. The van der Waals surface area contributed by atoms with E-state index in [4.69, 9.17) is 9.68 Å². The number of benzene rings is 3. The predicted octanol–water partition coefficient (Wildman–Crippen LogP) is 4.07. The monoisotopic (exact) mass is 426 g/mol. The van der Waals surface area contributed by atoms with E-state index in [1.54, 1.807) is 30.3 Å². The number of carbonyl (C=O) groups is 1. The van der Waals surface area contributed by atoms with E-state index in [0.29, 0.717) is 28.9 Å². The molecule has 0 radical (unpaired) electrons. The normalized spacial score (nSPS) is 12.8. The van der Waals surface area contributed by atoms with Crippen molar-refractivity contribution in [2.24, 2.45) is 0 Å². The Morgan fingerprint density at radius 1 is 1.06 bits per heavy atom. The molecule has 0 aliphatic heterocycles. The molecule has 0 spiro atoms. The maximum Gasteiger partial charge on any atom is 0.417 e. The van der Waals surface area contributed by atoms with Crippen molar-refractivity contribution in [2.75, 3.05) is 11.9 Å². The van der Waals surface area contributed by atoms with Crippen LogP contribution in [0.25, 0.3) is 11.1 Å². The SMILES string of the molecule is C[C@H](CN[C@H](C(=O)Nc1ccc2oc(=O)[nH]c2c1)c1ccccc1)c1ccc(C#N)cc1. The third-order valence-electron chi connectivity index (χ3n) is 5.32. The van der Waals surface area contributed by atoms with Crippen molar-refractivity contribution in [2.45, 2.75) is 18.9 Å². The molecule has 7 heteroatoms. The van der Waals surface area contributed by atoms with Crippen LogP contribution >= 0.6 is 0 Å². The zero-order valence-electron chi connectivity index (χ0n) is 17.5. The molecule has 32 heavy (non-hydrogen) atoms. The van der Waals surface area contributed by atoms with Gasteiger partial charge in [0.15, 0.2) is 5.58 Å². The average molecular weight is 426 g/mol. The maximum atomic E-state index is 13.2. The molecule has 1 heterocycles. The van der Waals surface area contributed by atoms with Gasteiger partial charge in [-0.1, -0.05) is 49.4 Å². The number of hydrogen-bond donors (Lipinski definition) is 3. The summed E-state index contributed by atoms with van der Waals surface area (Å²) >= 11 is 0. The highest BCUT2D eigenvalue weighted by Crippen LogP contribution is 2.21. The number of nitriles is 1. The summed E-state index contributed by atoms with van der Waals surface area (Å²) in [6, 6.07) is 23.5. The fourth-order valence-corrected chi connectivity index (χ4v) is 3.55. The van der Waals surface area contributed by atoms with Gasteiger partial charge in [-0.25, -0.2) is 4.79 Å². The lowest BCUT2D eigenvalue weighted by Gasteiger charge is -2.21. The molecule has 0 aliphatic rings. The first-order chi connectivity index (χ1) is 15.5. The number of nitrogens with zero attached hydrogens (tertiary/aromatic N) is 1. The van der Waals surface area contributed by atoms with Gasteiger partial charge >= 0.3 is 5.76 Å². The van der Waals surface area contributed by atoms with Gasteiger partial charge in [-0.15, -0.1) is 0 Å². The van der Waals surface area contributed by atoms with Crippen LogP contribution in [0.3, 0.4) is 0 Å². The van der Waals surface area contributed by atoms with Gasteiger partial charge < -0.3 is 15.1 Å². The number of fused-ring (bicyclic) bond motifs is 1. The third kappa shape index (κ3) is 4.77. The fraction of sp³-hybridized carbons (Fsp3) is 0.160. The second-order valence-corrected chi connectivity index (χ2v) is 7.60. The van der Waals surface area contributed by atoms with Crippen molar-refractivity contribution >= 4 is 22.7 Å². The largest absolute Gasteiger partial charge is 0.417 e. The molecule has 160 valence electrons. The molecule has 0 unspecified atom stereocenters. The lowest BCUT2D eigenvalue weighted by atomic mass is 9.98. The fourth-order valence-electron chi connectivity index (χ4n) is 3.55. The van der Waals surface area contributed by atoms with Gasteiger partial charge in [0.05, 0.1) is 17.1 Å². The van der Waals surface area contributed by atoms with Crippen LogP contribution in [0, 0.1) is 11.3 Å². The number of carbonyl (C=O) groups excluding carboxylic acids is 1. The van der Waals surface area contributed by atoms with Crippen LogP contribution in [0.15, 0.2) is 82.0 Å². The minimum atomic E-state index is -0.573. The molecular weight excluding hydrogens is 404 g/mol. The topological polar surface area (TPSA) is 111 Å². The molecule has 7 nitrogen and oxygen atoms in total. The van der Waals surface area contributed by atoms with Crippen LogP contribution in [-0.4, -0.2) is 17.4 Å². The quantitative estimate of drug-likeness (QED) is 0.413. The Hall–Kier alpha value is -4.15. The van der Waals surface area contributed by atoms with E-state index >= 15 is 0 Å². The smallest absolute Gasteiger partial charge is 0.408 e. The third-order valence-corrected chi connectivity index (χ3v) is 5.32. The lowest BCUT2D eigenvalue weighted by molar-refractivity contribution is -0.118. The summed E-state index contributed by atoms with van der Waals surface area (Å²) in [4.78, 5) is 27.2. The summed E-state index contributed by atoms with van der Waals surface area (Å²) in [5, 5.41) is 15.3. The molecule has 3 aromatic carbocycles. The summed E-state index contributed by atoms with van der Waals surface area (Å²) in [5.41, 5.74) is 4.05. The summed E-state index contributed by atoms with van der Waals surface area (Å²) in [7, 11) is 0. The first-order valence-electron chi connectivity index (χ1n) is 10.3. The highest BCUT2D eigenvalue weighted by molar-refractivity contribution is 5.96. The Morgan fingerprint density at radius 3 is 2.53 bits per heavy atom. The van der Waals surface area contributed by atoms with Crippen LogP contribution in [-0.2, 0) is 4.79 Å². The first-order valence-corrected chi connectivity index (χ1v) is 10.3. The van der Waals surface area contributed by atoms with Gasteiger partial charge in [0.1, 0.15) is 6.04 Å². The van der Waals surface area contributed by atoms with Crippen LogP contribution in [0.1, 0.15) is 35.6 Å². The highest BCUT2D eigenvalue weighted by atomic mass is 16.4. The molecule has 0 saturated heterocycles. The number of hydrogen-bond acceptors (Lipinski definition) is 5. The van der Waals surface area contributed by atoms with E-state index < -0.39 is 11.8 Å². The van der Waals surface area contributed by atoms with Crippen LogP contribution in [0.5, 0.6) is 0 Å². The number of amides is 1. The number of nitrogens with one attached hydrogen (secondary N) is 3. The Balaban J connectivity index is 1.51. The number of aromatic nitrogens is 1. The average Bonchev–Trinajstić information content (AvgIpc) is 3.19. The van der Waals surface area contributed by atoms with E-state index in [2.05, 4.69) is 28.6 Å². The number of aromatic amines is 1. The number of anilines is 1. The molecule has 0 aliphatic carbocycles. The van der Waals surface area contributed by atoms with E-state index in [9.17, 15) is 9.59 Å². The van der Waals surface area contributed by atoms with Crippen molar-refractivity contribution in [1.29, 1.82) is 5.26 Å². The molecule has 4 aromatic rings. The highest BCUT2D eigenvalue weighted by Gasteiger charge is 2.21. The van der Waals surface area contributed by atoms with E-state index in [1.165, 1.54) is 0 Å². The van der Waals surface area contributed by atoms with Gasteiger partial charge in [-0.2, -0.15) is 5.26 Å². The lowest BCUT2D eigenvalue weighted by Crippen LogP contribution is -2.35. The van der Waals surface area contributed by atoms with Crippen molar-refractivity contribution in [1.82, 2.24) is 10.3 Å². The van der Waals surface area contributed by atoms with Crippen LogP contribution in [0.2, 0.25) is 0 Å². The Kier molecular flexibility index (Phi) is 6.15. The van der Waals surface area contributed by atoms with Crippen molar-refractivity contribution in [3.8, 4) is 6.07 Å². The van der Waals surface area contributed by atoms with Gasteiger partial charge in [-0.3, -0.25) is 9.78 Å². The Labute approximate surface area is 184 Å². The van der Waals surface area contributed by atoms with Gasteiger partial charge in [0.2, 0.25) is 5.91 Å². The zero-order valence-corrected chi connectivity index (χ0v) is 17.5. The number of rotatable bonds is 7. The molecule has 0 fully saturated rings.